The normalized spacial score (nSPS) is 23.1. The highest BCUT2D eigenvalue weighted by Crippen LogP contribution is 2.30. The van der Waals surface area contributed by atoms with Crippen LogP contribution in [0, 0.1) is 5.92 Å². The summed E-state index contributed by atoms with van der Waals surface area (Å²) in [6.45, 7) is 4.20. The van der Waals surface area contributed by atoms with E-state index in [0.29, 0.717) is 18.2 Å². The van der Waals surface area contributed by atoms with Gasteiger partial charge in [-0.2, -0.15) is 0 Å². The molecule has 0 saturated heterocycles. The number of carbonyl (C=O) groups excluding carboxylic acids is 1. The van der Waals surface area contributed by atoms with Gasteiger partial charge in [-0.1, -0.05) is 26.7 Å². The van der Waals surface area contributed by atoms with Crippen molar-refractivity contribution in [3.8, 4) is 0 Å². The molecule has 19 heavy (non-hydrogen) atoms. The van der Waals surface area contributed by atoms with E-state index in [4.69, 9.17) is 0 Å². The van der Waals surface area contributed by atoms with Crippen LogP contribution in [0.5, 0.6) is 0 Å². The summed E-state index contributed by atoms with van der Waals surface area (Å²) in [7, 11) is 2.14. The number of hydrogen-bond acceptors (Lipinski definition) is 3. The van der Waals surface area contributed by atoms with Crippen molar-refractivity contribution in [1.29, 1.82) is 0 Å². The topological polar surface area (TPSA) is 33.2 Å². The summed E-state index contributed by atoms with van der Waals surface area (Å²) >= 11 is 0. The largest absolute Gasteiger partial charge is 0.370 e. The standard InChI is InChI=1S/C16H24N2O/c1-4-16(19)14-10-9-13(11-17-14)18(3)15-8-6-5-7-12(15)2/h9-12,15H,4-8H2,1-3H3. The van der Waals surface area contributed by atoms with E-state index >= 15 is 0 Å². The number of Topliss-reactive ketones (excluding diaryl/α,β-unsaturated/α-hetero) is 1. The van der Waals surface area contributed by atoms with E-state index in [1.807, 2.05) is 25.3 Å². The van der Waals surface area contributed by atoms with Crippen LogP contribution >= 0.6 is 0 Å². The highest BCUT2D eigenvalue weighted by molar-refractivity contribution is 5.94. The first-order valence-electron chi connectivity index (χ1n) is 7.35. The number of anilines is 1. The van der Waals surface area contributed by atoms with Gasteiger partial charge in [0.2, 0.25) is 0 Å². The van der Waals surface area contributed by atoms with Gasteiger partial charge in [-0.3, -0.25) is 9.78 Å². The zero-order chi connectivity index (χ0) is 13.8. The van der Waals surface area contributed by atoms with Crippen molar-refractivity contribution in [2.45, 2.75) is 52.0 Å². The van der Waals surface area contributed by atoms with Gasteiger partial charge in [0.1, 0.15) is 5.69 Å². The third-order valence-corrected chi connectivity index (χ3v) is 4.33. The average Bonchev–Trinajstić information content (AvgIpc) is 2.46. The van der Waals surface area contributed by atoms with E-state index in [1.165, 1.54) is 25.7 Å². The van der Waals surface area contributed by atoms with Gasteiger partial charge in [-0.05, 0) is 30.9 Å². The molecule has 2 unspecified atom stereocenters. The van der Waals surface area contributed by atoms with Crippen LogP contribution in [-0.2, 0) is 0 Å². The molecule has 1 saturated carbocycles. The van der Waals surface area contributed by atoms with Crippen LogP contribution in [0.15, 0.2) is 18.3 Å². The number of aromatic nitrogens is 1. The number of hydrogen-bond donors (Lipinski definition) is 0. The predicted molar refractivity (Wildman–Crippen MR) is 78.7 cm³/mol. The summed E-state index contributed by atoms with van der Waals surface area (Å²) in [5, 5.41) is 0. The molecule has 1 aromatic heterocycles. The van der Waals surface area contributed by atoms with Gasteiger partial charge in [0, 0.05) is 19.5 Å². The minimum absolute atomic E-state index is 0.111. The minimum Gasteiger partial charge on any atom is -0.370 e. The molecule has 1 heterocycles. The maximum Gasteiger partial charge on any atom is 0.180 e. The van der Waals surface area contributed by atoms with E-state index in [9.17, 15) is 4.79 Å². The minimum atomic E-state index is 0.111. The molecule has 1 aromatic rings. The number of rotatable bonds is 4. The van der Waals surface area contributed by atoms with Gasteiger partial charge >= 0.3 is 0 Å². The summed E-state index contributed by atoms with van der Waals surface area (Å²) in [5.74, 6) is 0.843. The molecule has 0 aliphatic heterocycles. The molecule has 104 valence electrons. The second-order valence-electron chi connectivity index (χ2n) is 5.62. The Balaban J connectivity index is 2.10. The molecule has 0 radical (unpaired) electrons. The number of carbonyl (C=O) groups is 1. The van der Waals surface area contributed by atoms with Crippen LogP contribution in [0.1, 0.15) is 56.4 Å². The molecule has 1 aliphatic carbocycles. The molecule has 0 spiro atoms. The summed E-state index contributed by atoms with van der Waals surface area (Å²) in [6.07, 6.45) is 7.60. The van der Waals surface area contributed by atoms with Crippen molar-refractivity contribution in [3.05, 3.63) is 24.0 Å². The molecule has 3 nitrogen and oxygen atoms in total. The van der Waals surface area contributed by atoms with E-state index < -0.39 is 0 Å². The zero-order valence-corrected chi connectivity index (χ0v) is 12.2. The van der Waals surface area contributed by atoms with Crippen molar-refractivity contribution in [2.75, 3.05) is 11.9 Å². The van der Waals surface area contributed by atoms with Gasteiger partial charge in [-0.15, -0.1) is 0 Å². The van der Waals surface area contributed by atoms with Crippen LogP contribution in [-0.4, -0.2) is 23.9 Å². The summed E-state index contributed by atoms with van der Waals surface area (Å²) in [4.78, 5) is 18.2. The van der Waals surface area contributed by atoms with Gasteiger partial charge in [0.05, 0.1) is 11.9 Å². The average molecular weight is 260 g/mol. The first kappa shape index (κ1) is 14.0. The smallest absolute Gasteiger partial charge is 0.180 e. The Morgan fingerprint density at radius 2 is 2.11 bits per heavy atom. The first-order chi connectivity index (χ1) is 9.13. The third kappa shape index (κ3) is 3.14. The fourth-order valence-electron chi connectivity index (χ4n) is 3.00. The molecule has 3 heteroatoms. The van der Waals surface area contributed by atoms with Crippen molar-refractivity contribution < 1.29 is 4.79 Å². The van der Waals surface area contributed by atoms with Gasteiger partial charge in [0.15, 0.2) is 5.78 Å². The molecule has 1 fully saturated rings. The SMILES string of the molecule is CCC(=O)c1ccc(N(C)C2CCCCC2C)cn1. The van der Waals surface area contributed by atoms with Crippen molar-refractivity contribution in [3.63, 3.8) is 0 Å². The molecule has 0 bridgehead atoms. The van der Waals surface area contributed by atoms with Crippen LogP contribution in [0.4, 0.5) is 5.69 Å². The molecular weight excluding hydrogens is 236 g/mol. The highest BCUT2D eigenvalue weighted by atomic mass is 16.1. The van der Waals surface area contributed by atoms with Gasteiger partial charge in [0.25, 0.3) is 0 Å². The molecule has 1 aliphatic rings. The van der Waals surface area contributed by atoms with Crippen LogP contribution in [0.25, 0.3) is 0 Å². The van der Waals surface area contributed by atoms with Crippen molar-refractivity contribution in [1.82, 2.24) is 4.98 Å². The quantitative estimate of drug-likeness (QED) is 0.774. The van der Waals surface area contributed by atoms with Crippen molar-refractivity contribution in [2.24, 2.45) is 5.92 Å². The lowest BCUT2D eigenvalue weighted by Gasteiger charge is -2.37. The molecule has 0 N–H and O–H groups in total. The second kappa shape index (κ2) is 6.18. The highest BCUT2D eigenvalue weighted by Gasteiger charge is 2.25. The van der Waals surface area contributed by atoms with Crippen LogP contribution in [0.2, 0.25) is 0 Å². The summed E-state index contributed by atoms with van der Waals surface area (Å²) in [6, 6.07) is 4.48. The van der Waals surface area contributed by atoms with E-state index in [0.717, 1.165) is 11.6 Å². The second-order valence-corrected chi connectivity index (χ2v) is 5.62. The molecular formula is C16H24N2O. The Morgan fingerprint density at radius 3 is 2.68 bits per heavy atom. The molecule has 0 amide bonds. The lowest BCUT2D eigenvalue weighted by molar-refractivity contribution is 0.0983. The Morgan fingerprint density at radius 1 is 1.37 bits per heavy atom. The zero-order valence-electron chi connectivity index (χ0n) is 12.2. The monoisotopic (exact) mass is 260 g/mol. The fourth-order valence-corrected chi connectivity index (χ4v) is 3.00. The Kier molecular flexibility index (Phi) is 4.56. The number of ketones is 1. The Labute approximate surface area is 116 Å². The van der Waals surface area contributed by atoms with E-state index in [2.05, 4.69) is 23.9 Å². The summed E-state index contributed by atoms with van der Waals surface area (Å²) < 4.78 is 0. The van der Waals surface area contributed by atoms with E-state index in [-0.39, 0.29) is 5.78 Å². The van der Waals surface area contributed by atoms with E-state index in [1.54, 1.807) is 0 Å². The summed E-state index contributed by atoms with van der Waals surface area (Å²) in [5.41, 5.74) is 1.70. The van der Waals surface area contributed by atoms with Gasteiger partial charge in [-0.25, -0.2) is 0 Å². The van der Waals surface area contributed by atoms with Crippen LogP contribution < -0.4 is 4.90 Å². The van der Waals surface area contributed by atoms with Crippen molar-refractivity contribution >= 4 is 11.5 Å². The lowest BCUT2D eigenvalue weighted by atomic mass is 9.85. The van der Waals surface area contributed by atoms with Crippen LogP contribution in [0.3, 0.4) is 0 Å². The Bertz CT molecular complexity index is 427. The maximum absolute atomic E-state index is 11.6. The first-order valence-corrected chi connectivity index (χ1v) is 7.35. The molecule has 2 atom stereocenters. The fraction of sp³-hybridized carbons (Fsp3) is 0.625. The lowest BCUT2D eigenvalue weighted by Crippen LogP contribution is -2.39. The Hall–Kier alpha value is -1.38. The van der Waals surface area contributed by atoms with Gasteiger partial charge < -0.3 is 4.90 Å². The number of pyridine rings is 1. The third-order valence-electron chi connectivity index (χ3n) is 4.33. The number of nitrogens with zero attached hydrogens (tertiary/aromatic N) is 2. The molecule has 2 rings (SSSR count). The molecule has 0 aromatic carbocycles. The maximum atomic E-state index is 11.6. The predicted octanol–water partition coefficient (Wildman–Crippen LogP) is 3.69.